The molecule has 0 aliphatic rings. The second-order valence-corrected chi connectivity index (χ2v) is 2.31. The Morgan fingerprint density at radius 2 is 1.89 bits per heavy atom. The first-order valence-electron chi connectivity index (χ1n) is 3.02. The number of rotatable bonds is 4. The van der Waals surface area contributed by atoms with Crippen LogP contribution in [0.2, 0.25) is 0 Å². The Kier molecular flexibility index (Phi) is 4.58. The van der Waals surface area contributed by atoms with Gasteiger partial charge in [-0.05, 0) is 12.3 Å². The van der Waals surface area contributed by atoms with E-state index in [2.05, 4.69) is 4.74 Å². The second-order valence-electron chi connectivity index (χ2n) is 2.31. The fourth-order valence-corrected chi connectivity index (χ4v) is 0.393. The lowest BCUT2D eigenvalue weighted by molar-refractivity contribution is -0.130. The number of alkyl halides is 2. The molecule has 56 valence electrons. The van der Waals surface area contributed by atoms with Gasteiger partial charge in [0.15, 0.2) is 0 Å². The zero-order valence-electron chi connectivity index (χ0n) is 5.73. The van der Waals surface area contributed by atoms with E-state index in [0.29, 0.717) is 12.3 Å². The molecular weight excluding hydrogens is 126 g/mol. The molecule has 1 nitrogen and oxygen atoms in total. The minimum absolute atomic E-state index is 0.162. The Bertz CT molecular complexity index is 56.1. The van der Waals surface area contributed by atoms with Crippen LogP contribution in [0.1, 0.15) is 20.3 Å². The number of ether oxygens (including phenoxy) is 1. The SMILES string of the molecule is CC(C)CCOC(F)F. The van der Waals surface area contributed by atoms with E-state index in [1.807, 2.05) is 13.8 Å². The van der Waals surface area contributed by atoms with Gasteiger partial charge >= 0.3 is 6.61 Å². The van der Waals surface area contributed by atoms with Gasteiger partial charge in [0, 0.05) is 0 Å². The third kappa shape index (κ3) is 7.82. The van der Waals surface area contributed by atoms with Crippen molar-refractivity contribution in [3.63, 3.8) is 0 Å². The standard InChI is InChI=1S/C6H12F2O/c1-5(2)3-4-9-6(7)8/h5-6H,3-4H2,1-2H3. The molecule has 9 heavy (non-hydrogen) atoms. The lowest BCUT2D eigenvalue weighted by atomic mass is 10.1. The lowest BCUT2D eigenvalue weighted by Crippen LogP contribution is -2.03. The van der Waals surface area contributed by atoms with Gasteiger partial charge in [-0.1, -0.05) is 13.8 Å². The van der Waals surface area contributed by atoms with Gasteiger partial charge in [0.05, 0.1) is 6.61 Å². The highest BCUT2D eigenvalue weighted by Crippen LogP contribution is 2.02. The molecule has 3 heteroatoms. The number of hydrogen-bond acceptors (Lipinski definition) is 1. The molecule has 0 aliphatic carbocycles. The average Bonchev–Trinajstić information content (AvgIpc) is 1.63. The predicted octanol–water partition coefficient (Wildman–Crippen LogP) is 2.27. The van der Waals surface area contributed by atoms with Crippen LogP contribution in [0.25, 0.3) is 0 Å². The normalized spacial score (nSPS) is 11.3. The maximum absolute atomic E-state index is 11.3. The van der Waals surface area contributed by atoms with E-state index in [0.717, 1.165) is 0 Å². The molecule has 0 saturated heterocycles. The van der Waals surface area contributed by atoms with Crippen molar-refractivity contribution in [2.75, 3.05) is 6.61 Å². The van der Waals surface area contributed by atoms with Crippen LogP contribution >= 0.6 is 0 Å². The Balaban J connectivity index is 2.91. The van der Waals surface area contributed by atoms with Gasteiger partial charge in [0.2, 0.25) is 0 Å². The highest BCUT2D eigenvalue weighted by Gasteiger charge is 2.00. The average molecular weight is 138 g/mol. The Morgan fingerprint density at radius 3 is 2.22 bits per heavy atom. The summed E-state index contributed by atoms with van der Waals surface area (Å²) in [7, 11) is 0. The van der Waals surface area contributed by atoms with Crippen LogP contribution in [0.15, 0.2) is 0 Å². The molecule has 0 rings (SSSR count). The lowest BCUT2D eigenvalue weighted by Gasteiger charge is -2.03. The fraction of sp³-hybridized carbons (Fsp3) is 1.00. The Labute approximate surface area is 54.0 Å². The topological polar surface area (TPSA) is 9.23 Å². The molecular formula is C6H12F2O. The van der Waals surface area contributed by atoms with E-state index in [9.17, 15) is 8.78 Å². The van der Waals surface area contributed by atoms with Crippen LogP contribution in [0.5, 0.6) is 0 Å². The summed E-state index contributed by atoms with van der Waals surface area (Å²) in [5, 5.41) is 0. The van der Waals surface area contributed by atoms with Gasteiger partial charge in [0.1, 0.15) is 0 Å². The van der Waals surface area contributed by atoms with E-state index >= 15 is 0 Å². The van der Waals surface area contributed by atoms with Crippen LogP contribution in [0.4, 0.5) is 8.78 Å². The van der Waals surface area contributed by atoms with Crippen molar-refractivity contribution in [3.05, 3.63) is 0 Å². The molecule has 0 atom stereocenters. The minimum Gasteiger partial charge on any atom is -0.323 e. The predicted molar refractivity (Wildman–Crippen MR) is 31.4 cm³/mol. The summed E-state index contributed by atoms with van der Waals surface area (Å²) in [6, 6.07) is 0. The van der Waals surface area contributed by atoms with Crippen molar-refractivity contribution in [2.45, 2.75) is 26.9 Å². The Hall–Kier alpha value is -0.180. The molecule has 0 aromatic carbocycles. The molecule has 0 aromatic heterocycles. The van der Waals surface area contributed by atoms with E-state index in [4.69, 9.17) is 0 Å². The van der Waals surface area contributed by atoms with Crippen molar-refractivity contribution in [1.29, 1.82) is 0 Å². The molecule has 0 fully saturated rings. The third-order valence-electron chi connectivity index (χ3n) is 0.939. The second kappa shape index (κ2) is 4.68. The van der Waals surface area contributed by atoms with Gasteiger partial charge in [-0.15, -0.1) is 0 Å². The smallest absolute Gasteiger partial charge is 0.323 e. The Morgan fingerprint density at radius 1 is 1.33 bits per heavy atom. The zero-order valence-corrected chi connectivity index (χ0v) is 5.73. The molecule has 0 unspecified atom stereocenters. The molecule has 0 aliphatic heterocycles. The summed E-state index contributed by atoms with van der Waals surface area (Å²) in [6.07, 6.45) is 0.699. The van der Waals surface area contributed by atoms with Crippen LogP contribution < -0.4 is 0 Å². The summed E-state index contributed by atoms with van der Waals surface area (Å²) in [5.41, 5.74) is 0. The molecule has 0 N–H and O–H groups in total. The first-order valence-corrected chi connectivity index (χ1v) is 3.02. The largest absolute Gasteiger partial charge is 0.345 e. The summed E-state index contributed by atoms with van der Waals surface area (Å²) >= 11 is 0. The molecule has 0 heterocycles. The molecule has 0 saturated carbocycles. The maximum atomic E-state index is 11.3. The van der Waals surface area contributed by atoms with Crippen LogP contribution in [-0.4, -0.2) is 13.2 Å². The zero-order chi connectivity index (χ0) is 7.28. The number of halogens is 2. The highest BCUT2D eigenvalue weighted by molar-refractivity contribution is 4.41. The van der Waals surface area contributed by atoms with E-state index in [1.165, 1.54) is 0 Å². The van der Waals surface area contributed by atoms with Crippen LogP contribution in [-0.2, 0) is 4.74 Å². The van der Waals surface area contributed by atoms with Crippen LogP contribution in [0, 0.1) is 5.92 Å². The van der Waals surface area contributed by atoms with Crippen molar-refractivity contribution < 1.29 is 13.5 Å². The maximum Gasteiger partial charge on any atom is 0.345 e. The minimum atomic E-state index is -2.61. The highest BCUT2D eigenvalue weighted by atomic mass is 19.3. The molecule has 0 spiro atoms. The molecule has 0 radical (unpaired) electrons. The summed E-state index contributed by atoms with van der Waals surface area (Å²) in [6.45, 7) is 1.49. The quantitative estimate of drug-likeness (QED) is 0.579. The molecule has 0 amide bonds. The van der Waals surface area contributed by atoms with Crippen molar-refractivity contribution >= 4 is 0 Å². The van der Waals surface area contributed by atoms with Gasteiger partial charge in [-0.2, -0.15) is 8.78 Å². The molecule has 0 bridgehead atoms. The summed E-state index contributed by atoms with van der Waals surface area (Å²) in [5.74, 6) is 0.434. The van der Waals surface area contributed by atoms with E-state index in [1.54, 1.807) is 0 Å². The third-order valence-corrected chi connectivity index (χ3v) is 0.939. The van der Waals surface area contributed by atoms with Gasteiger partial charge < -0.3 is 4.74 Å². The fourth-order valence-electron chi connectivity index (χ4n) is 0.393. The number of hydrogen-bond donors (Lipinski definition) is 0. The van der Waals surface area contributed by atoms with Gasteiger partial charge in [0.25, 0.3) is 0 Å². The van der Waals surface area contributed by atoms with Gasteiger partial charge in [-0.25, -0.2) is 0 Å². The monoisotopic (exact) mass is 138 g/mol. The summed E-state index contributed by atoms with van der Waals surface area (Å²) in [4.78, 5) is 0. The van der Waals surface area contributed by atoms with Crippen molar-refractivity contribution in [2.24, 2.45) is 5.92 Å². The first kappa shape index (κ1) is 8.82. The van der Waals surface area contributed by atoms with Gasteiger partial charge in [-0.3, -0.25) is 0 Å². The van der Waals surface area contributed by atoms with E-state index in [-0.39, 0.29) is 6.61 Å². The first-order chi connectivity index (χ1) is 4.13. The van der Waals surface area contributed by atoms with Crippen LogP contribution in [0.3, 0.4) is 0 Å². The molecule has 0 aromatic rings. The summed E-state index contributed by atoms with van der Waals surface area (Å²) < 4.78 is 26.5. The van der Waals surface area contributed by atoms with Crippen molar-refractivity contribution in [3.8, 4) is 0 Å². The van der Waals surface area contributed by atoms with E-state index < -0.39 is 6.61 Å². The van der Waals surface area contributed by atoms with Crippen molar-refractivity contribution in [1.82, 2.24) is 0 Å².